The number of nitrogens with zero attached hydrogens (tertiary/aromatic N) is 2. The Bertz CT molecular complexity index is 576. The topological polar surface area (TPSA) is 46.4 Å². The maximum atomic E-state index is 11.2. The number of hydrazine groups is 1. The SMILES string of the molecule is O=[N+]([O-])N(c1ccccc1)c1cccc(Cl)c1Cl. The summed E-state index contributed by atoms with van der Waals surface area (Å²) in [6, 6.07) is 13.2. The van der Waals surface area contributed by atoms with Gasteiger partial charge in [0.15, 0.2) is 5.03 Å². The maximum absolute atomic E-state index is 11.2. The fraction of sp³-hybridized carbons (Fsp3) is 0. The molecule has 0 saturated carbocycles. The van der Waals surface area contributed by atoms with E-state index in [1.165, 1.54) is 0 Å². The van der Waals surface area contributed by atoms with E-state index in [9.17, 15) is 10.1 Å². The molecule has 92 valence electrons. The summed E-state index contributed by atoms with van der Waals surface area (Å²) in [5.74, 6) is 0. The molecule has 0 bridgehead atoms. The lowest BCUT2D eigenvalue weighted by Crippen LogP contribution is -2.24. The van der Waals surface area contributed by atoms with Gasteiger partial charge in [0, 0.05) is 0 Å². The fourth-order valence-corrected chi connectivity index (χ4v) is 1.92. The minimum atomic E-state index is -0.535. The molecule has 0 aromatic heterocycles. The standard InChI is InChI=1S/C12H8Cl2N2O2/c13-10-7-4-8-11(12(10)14)15(16(17)18)9-5-2-1-3-6-9/h1-8H. The van der Waals surface area contributed by atoms with Gasteiger partial charge in [-0.15, -0.1) is 0 Å². The minimum absolute atomic E-state index is 0.153. The molecule has 2 rings (SSSR count). The van der Waals surface area contributed by atoms with Gasteiger partial charge in [0.05, 0.1) is 10.0 Å². The van der Waals surface area contributed by atoms with Gasteiger partial charge in [0.25, 0.3) is 0 Å². The lowest BCUT2D eigenvalue weighted by molar-refractivity contribution is -0.483. The van der Waals surface area contributed by atoms with E-state index >= 15 is 0 Å². The van der Waals surface area contributed by atoms with Gasteiger partial charge in [-0.05, 0) is 24.3 Å². The second-order valence-corrected chi connectivity index (χ2v) is 4.24. The van der Waals surface area contributed by atoms with Crippen LogP contribution in [0.25, 0.3) is 0 Å². The van der Waals surface area contributed by atoms with Crippen LogP contribution in [0, 0.1) is 10.1 Å². The van der Waals surface area contributed by atoms with Crippen molar-refractivity contribution in [1.29, 1.82) is 0 Å². The summed E-state index contributed by atoms with van der Waals surface area (Å²) in [6.45, 7) is 0. The molecular formula is C12H8Cl2N2O2. The summed E-state index contributed by atoms with van der Waals surface area (Å²) in [5.41, 5.74) is 0.645. The van der Waals surface area contributed by atoms with Gasteiger partial charge in [0.2, 0.25) is 0 Å². The summed E-state index contributed by atoms with van der Waals surface area (Å²) in [6.07, 6.45) is 0. The normalized spacial score (nSPS) is 10.1. The van der Waals surface area contributed by atoms with Gasteiger partial charge in [-0.3, -0.25) is 0 Å². The highest BCUT2D eigenvalue weighted by Crippen LogP contribution is 2.36. The van der Waals surface area contributed by atoms with Crippen LogP contribution in [0.4, 0.5) is 11.4 Å². The van der Waals surface area contributed by atoms with Crippen molar-refractivity contribution in [2.45, 2.75) is 0 Å². The third-order valence-electron chi connectivity index (χ3n) is 2.32. The Labute approximate surface area is 113 Å². The Morgan fingerprint density at radius 3 is 2.28 bits per heavy atom. The first kappa shape index (κ1) is 12.7. The Morgan fingerprint density at radius 1 is 1.00 bits per heavy atom. The number of anilines is 2. The average Bonchev–Trinajstić information content (AvgIpc) is 2.36. The molecule has 0 radical (unpaired) electrons. The molecule has 18 heavy (non-hydrogen) atoms. The van der Waals surface area contributed by atoms with Crippen molar-refractivity contribution < 1.29 is 5.03 Å². The first-order valence-corrected chi connectivity index (χ1v) is 5.80. The highest BCUT2D eigenvalue weighted by Gasteiger charge is 2.23. The second-order valence-electron chi connectivity index (χ2n) is 3.46. The van der Waals surface area contributed by atoms with E-state index in [4.69, 9.17) is 23.2 Å². The third kappa shape index (κ3) is 2.39. The Balaban J connectivity index is 2.56. The Kier molecular flexibility index (Phi) is 3.69. The summed E-state index contributed by atoms with van der Waals surface area (Å²) < 4.78 is 0. The first-order valence-electron chi connectivity index (χ1n) is 5.05. The quantitative estimate of drug-likeness (QED) is 0.622. The molecule has 0 spiro atoms. The number of para-hydroxylation sites is 1. The number of hydrogen-bond acceptors (Lipinski definition) is 2. The smallest absolute Gasteiger partial charge is 0.170 e. The van der Waals surface area contributed by atoms with Crippen molar-refractivity contribution >= 4 is 34.6 Å². The van der Waals surface area contributed by atoms with Crippen molar-refractivity contribution in [3.63, 3.8) is 0 Å². The van der Waals surface area contributed by atoms with Crippen LogP contribution in [0.5, 0.6) is 0 Å². The lowest BCUT2D eigenvalue weighted by Gasteiger charge is -2.15. The number of rotatable bonds is 3. The van der Waals surface area contributed by atoms with Gasteiger partial charge >= 0.3 is 0 Å². The minimum Gasteiger partial charge on any atom is -0.234 e. The molecule has 0 heterocycles. The molecule has 0 aliphatic carbocycles. The molecule has 4 nitrogen and oxygen atoms in total. The number of nitro groups is 1. The molecule has 0 saturated heterocycles. The fourth-order valence-electron chi connectivity index (χ4n) is 1.55. The molecule has 0 N–H and O–H groups in total. The maximum Gasteiger partial charge on any atom is 0.170 e. The number of halogens is 2. The highest BCUT2D eigenvalue weighted by atomic mass is 35.5. The molecule has 2 aromatic rings. The molecule has 0 aliphatic rings. The predicted octanol–water partition coefficient (Wildman–Crippen LogP) is 4.32. The van der Waals surface area contributed by atoms with Gasteiger partial charge in [-0.1, -0.05) is 52.5 Å². The zero-order valence-corrected chi connectivity index (χ0v) is 10.6. The molecule has 0 atom stereocenters. The average molecular weight is 283 g/mol. The molecule has 6 heteroatoms. The first-order chi connectivity index (χ1) is 8.61. The summed E-state index contributed by atoms with van der Waals surface area (Å²) >= 11 is 11.9. The summed E-state index contributed by atoms with van der Waals surface area (Å²) in [5, 5.41) is 12.0. The van der Waals surface area contributed by atoms with Crippen LogP contribution in [-0.4, -0.2) is 5.03 Å². The monoisotopic (exact) mass is 282 g/mol. The predicted molar refractivity (Wildman–Crippen MR) is 72.0 cm³/mol. The van der Waals surface area contributed by atoms with Crippen LogP contribution >= 0.6 is 23.2 Å². The van der Waals surface area contributed by atoms with E-state index in [0.29, 0.717) is 5.69 Å². The van der Waals surface area contributed by atoms with Crippen molar-refractivity contribution in [3.8, 4) is 0 Å². The molecule has 0 aliphatic heterocycles. The molecule has 0 unspecified atom stereocenters. The van der Waals surface area contributed by atoms with E-state index in [1.807, 2.05) is 0 Å². The Hall–Kier alpha value is -1.78. The zero-order valence-electron chi connectivity index (χ0n) is 9.09. The summed E-state index contributed by atoms with van der Waals surface area (Å²) in [4.78, 5) is 11.2. The molecular weight excluding hydrogens is 275 g/mol. The molecule has 2 aromatic carbocycles. The highest BCUT2D eigenvalue weighted by molar-refractivity contribution is 6.43. The summed E-state index contributed by atoms with van der Waals surface area (Å²) in [7, 11) is 0. The van der Waals surface area contributed by atoms with E-state index in [2.05, 4.69) is 0 Å². The number of hydrogen-bond donors (Lipinski definition) is 0. The van der Waals surface area contributed by atoms with E-state index in [-0.39, 0.29) is 15.7 Å². The van der Waals surface area contributed by atoms with Crippen LogP contribution in [0.15, 0.2) is 48.5 Å². The zero-order chi connectivity index (χ0) is 13.1. The van der Waals surface area contributed by atoms with Crippen molar-refractivity contribution in [2.24, 2.45) is 0 Å². The second kappa shape index (κ2) is 5.25. The van der Waals surface area contributed by atoms with E-state index in [0.717, 1.165) is 5.01 Å². The largest absolute Gasteiger partial charge is 0.234 e. The van der Waals surface area contributed by atoms with Crippen molar-refractivity contribution in [2.75, 3.05) is 5.01 Å². The van der Waals surface area contributed by atoms with E-state index in [1.54, 1.807) is 48.5 Å². The van der Waals surface area contributed by atoms with Crippen molar-refractivity contribution in [1.82, 2.24) is 0 Å². The van der Waals surface area contributed by atoms with Crippen LogP contribution < -0.4 is 5.01 Å². The third-order valence-corrected chi connectivity index (χ3v) is 3.13. The van der Waals surface area contributed by atoms with Crippen LogP contribution in [-0.2, 0) is 0 Å². The number of benzene rings is 2. The van der Waals surface area contributed by atoms with Gasteiger partial charge < -0.3 is 0 Å². The molecule has 0 amide bonds. The van der Waals surface area contributed by atoms with Gasteiger partial charge in [-0.2, -0.15) is 0 Å². The van der Waals surface area contributed by atoms with Crippen LogP contribution in [0.3, 0.4) is 0 Å². The van der Waals surface area contributed by atoms with Crippen LogP contribution in [0.1, 0.15) is 0 Å². The van der Waals surface area contributed by atoms with Crippen LogP contribution in [0.2, 0.25) is 10.0 Å². The Morgan fingerprint density at radius 2 is 1.67 bits per heavy atom. The van der Waals surface area contributed by atoms with E-state index < -0.39 is 5.03 Å². The van der Waals surface area contributed by atoms with Crippen molar-refractivity contribution in [3.05, 3.63) is 68.7 Å². The van der Waals surface area contributed by atoms with Gasteiger partial charge in [0.1, 0.15) is 11.4 Å². The van der Waals surface area contributed by atoms with Gasteiger partial charge in [-0.25, -0.2) is 10.1 Å². The molecule has 0 fully saturated rings. The lowest BCUT2D eigenvalue weighted by atomic mass is 10.2.